The van der Waals surface area contributed by atoms with Crippen LogP contribution in [0.15, 0.2) is 18.3 Å². The zero-order chi connectivity index (χ0) is 11.5. The fourth-order valence-electron chi connectivity index (χ4n) is 1.09. The van der Waals surface area contributed by atoms with Crippen molar-refractivity contribution in [3.63, 3.8) is 0 Å². The maximum Gasteiger partial charge on any atom is 0.108 e. The molecule has 1 atom stereocenters. The Hall–Kier alpha value is -0.640. The number of aliphatic hydroxyl groups is 1. The van der Waals surface area contributed by atoms with E-state index in [4.69, 9.17) is 11.6 Å². The van der Waals surface area contributed by atoms with Crippen LogP contribution in [0.2, 0.25) is 5.02 Å². The molecule has 1 aromatic rings. The molecule has 0 radical (unpaired) electrons. The molecule has 0 saturated carbocycles. The fourth-order valence-corrected chi connectivity index (χ4v) is 1.20. The number of hydrogen-bond acceptors (Lipinski definition) is 3. The Labute approximate surface area is 95.5 Å². The molecule has 0 aliphatic carbocycles. The van der Waals surface area contributed by atoms with Gasteiger partial charge in [0.15, 0.2) is 0 Å². The number of aromatic nitrogens is 1. The summed E-state index contributed by atoms with van der Waals surface area (Å²) in [5.41, 5.74) is 0.629. The van der Waals surface area contributed by atoms with E-state index in [1.165, 1.54) is 6.20 Å². The van der Waals surface area contributed by atoms with Gasteiger partial charge >= 0.3 is 0 Å². The summed E-state index contributed by atoms with van der Waals surface area (Å²) in [6, 6.07) is 3.46. The van der Waals surface area contributed by atoms with Crippen LogP contribution in [0.4, 0.5) is 0 Å². The number of aliphatic hydroxyl groups excluding tert-OH is 1. The Morgan fingerprint density at radius 2 is 2.13 bits per heavy atom. The van der Waals surface area contributed by atoms with Gasteiger partial charge in [0.2, 0.25) is 0 Å². The summed E-state index contributed by atoms with van der Waals surface area (Å²) in [6.45, 7) is 6.64. The predicted molar refractivity (Wildman–Crippen MR) is 62.0 cm³/mol. The first-order valence-corrected chi connectivity index (χ1v) is 5.31. The van der Waals surface area contributed by atoms with Crippen molar-refractivity contribution in [2.45, 2.75) is 32.4 Å². The van der Waals surface area contributed by atoms with E-state index < -0.39 is 6.10 Å². The van der Waals surface area contributed by atoms with Crippen molar-refractivity contribution in [1.82, 2.24) is 10.3 Å². The molecule has 1 aromatic heterocycles. The van der Waals surface area contributed by atoms with Gasteiger partial charge in [-0.3, -0.25) is 4.98 Å². The molecule has 0 aromatic carbocycles. The van der Waals surface area contributed by atoms with Crippen LogP contribution < -0.4 is 5.32 Å². The van der Waals surface area contributed by atoms with Crippen molar-refractivity contribution in [3.05, 3.63) is 29.0 Å². The molecule has 1 rings (SSSR count). The summed E-state index contributed by atoms with van der Waals surface area (Å²) in [5.74, 6) is 0. The molecule has 0 amide bonds. The molecule has 3 nitrogen and oxygen atoms in total. The van der Waals surface area contributed by atoms with Gasteiger partial charge in [-0.2, -0.15) is 0 Å². The Bertz CT molecular complexity index is 305. The molecule has 0 saturated heterocycles. The van der Waals surface area contributed by atoms with Gasteiger partial charge in [0.05, 0.1) is 10.7 Å². The van der Waals surface area contributed by atoms with Gasteiger partial charge in [0.1, 0.15) is 6.10 Å². The lowest BCUT2D eigenvalue weighted by atomic mass is 10.1. The summed E-state index contributed by atoms with van der Waals surface area (Å²) in [6.07, 6.45) is 0.943. The number of hydrogen-bond donors (Lipinski definition) is 2. The number of halogens is 1. The van der Waals surface area contributed by atoms with Crippen molar-refractivity contribution in [3.8, 4) is 0 Å². The largest absolute Gasteiger partial charge is 0.385 e. The van der Waals surface area contributed by atoms with Crippen molar-refractivity contribution in [2.75, 3.05) is 6.54 Å². The second kappa shape index (κ2) is 4.92. The van der Waals surface area contributed by atoms with E-state index in [0.29, 0.717) is 17.3 Å². The van der Waals surface area contributed by atoms with Crippen LogP contribution in [0.3, 0.4) is 0 Å². The van der Waals surface area contributed by atoms with E-state index >= 15 is 0 Å². The third-order valence-electron chi connectivity index (χ3n) is 1.92. The topological polar surface area (TPSA) is 45.1 Å². The maximum absolute atomic E-state index is 9.81. The first kappa shape index (κ1) is 12.4. The van der Waals surface area contributed by atoms with Gasteiger partial charge in [0, 0.05) is 18.3 Å². The quantitative estimate of drug-likeness (QED) is 0.834. The number of pyridine rings is 1. The molecule has 4 heteroatoms. The van der Waals surface area contributed by atoms with Gasteiger partial charge in [-0.15, -0.1) is 0 Å². The van der Waals surface area contributed by atoms with Crippen LogP contribution in [0.25, 0.3) is 0 Å². The molecule has 0 bridgehead atoms. The Kier molecular flexibility index (Phi) is 4.08. The molecule has 84 valence electrons. The molecular weight excluding hydrogens is 212 g/mol. The minimum Gasteiger partial charge on any atom is -0.385 e. The molecule has 0 fully saturated rings. The van der Waals surface area contributed by atoms with Gasteiger partial charge in [-0.05, 0) is 32.9 Å². The minimum absolute atomic E-state index is 0.00654. The normalized spacial score (nSPS) is 13.9. The summed E-state index contributed by atoms with van der Waals surface area (Å²) in [7, 11) is 0. The zero-order valence-corrected chi connectivity index (χ0v) is 10.0. The molecule has 1 heterocycles. The minimum atomic E-state index is -0.596. The Morgan fingerprint density at radius 1 is 1.47 bits per heavy atom. The average molecular weight is 229 g/mol. The lowest BCUT2D eigenvalue weighted by Crippen LogP contribution is -2.38. The predicted octanol–water partition coefficient (Wildman–Crippen LogP) is 2.16. The van der Waals surface area contributed by atoms with Crippen molar-refractivity contribution in [2.24, 2.45) is 0 Å². The van der Waals surface area contributed by atoms with Crippen LogP contribution in [0, 0.1) is 0 Å². The van der Waals surface area contributed by atoms with Crippen LogP contribution in [0.1, 0.15) is 32.6 Å². The summed E-state index contributed by atoms with van der Waals surface area (Å²) < 4.78 is 0. The second-order valence-corrected chi connectivity index (χ2v) is 4.98. The SMILES string of the molecule is CC(C)(C)NC[C@H](O)c1ccc(Cl)cn1. The lowest BCUT2D eigenvalue weighted by molar-refractivity contribution is 0.159. The van der Waals surface area contributed by atoms with E-state index in [0.717, 1.165) is 0 Å². The van der Waals surface area contributed by atoms with Crippen molar-refractivity contribution < 1.29 is 5.11 Å². The van der Waals surface area contributed by atoms with Gasteiger partial charge < -0.3 is 10.4 Å². The molecule has 0 unspecified atom stereocenters. The summed E-state index contributed by atoms with van der Waals surface area (Å²) >= 11 is 5.71. The second-order valence-electron chi connectivity index (χ2n) is 4.55. The highest BCUT2D eigenvalue weighted by Gasteiger charge is 2.14. The molecule has 2 N–H and O–H groups in total. The maximum atomic E-state index is 9.81. The van der Waals surface area contributed by atoms with E-state index in [2.05, 4.69) is 31.1 Å². The fraction of sp³-hybridized carbons (Fsp3) is 0.545. The zero-order valence-electron chi connectivity index (χ0n) is 9.29. The first-order valence-electron chi connectivity index (χ1n) is 4.93. The number of nitrogens with one attached hydrogen (secondary N) is 1. The van der Waals surface area contributed by atoms with E-state index in [1.807, 2.05) is 0 Å². The smallest absolute Gasteiger partial charge is 0.108 e. The van der Waals surface area contributed by atoms with Crippen LogP contribution in [0.5, 0.6) is 0 Å². The van der Waals surface area contributed by atoms with Gasteiger partial charge in [0.25, 0.3) is 0 Å². The molecule has 0 spiro atoms. The van der Waals surface area contributed by atoms with E-state index in [9.17, 15) is 5.11 Å². The third-order valence-corrected chi connectivity index (χ3v) is 2.14. The number of β-amino-alcohol motifs (C(OH)–C–C–N with tert-alkyl or cyclic N) is 1. The standard InChI is InChI=1S/C11H17ClN2O/c1-11(2,3)14-7-10(15)9-5-4-8(12)6-13-9/h4-6,10,14-15H,7H2,1-3H3/t10-/m0/s1. The third kappa shape index (κ3) is 4.60. The lowest BCUT2D eigenvalue weighted by Gasteiger charge is -2.22. The monoisotopic (exact) mass is 228 g/mol. The van der Waals surface area contributed by atoms with Gasteiger partial charge in [-0.25, -0.2) is 0 Å². The first-order chi connectivity index (χ1) is 6.88. The van der Waals surface area contributed by atoms with Crippen molar-refractivity contribution >= 4 is 11.6 Å². The van der Waals surface area contributed by atoms with E-state index in [1.54, 1.807) is 12.1 Å². The molecule has 15 heavy (non-hydrogen) atoms. The number of nitrogens with zero attached hydrogens (tertiary/aromatic N) is 1. The summed E-state index contributed by atoms with van der Waals surface area (Å²) in [4.78, 5) is 4.06. The van der Waals surface area contributed by atoms with E-state index in [-0.39, 0.29) is 5.54 Å². The van der Waals surface area contributed by atoms with Crippen LogP contribution in [-0.4, -0.2) is 22.2 Å². The van der Waals surface area contributed by atoms with Crippen LogP contribution >= 0.6 is 11.6 Å². The molecule has 0 aliphatic heterocycles. The highest BCUT2D eigenvalue weighted by molar-refractivity contribution is 6.30. The average Bonchev–Trinajstić information content (AvgIpc) is 2.14. The number of rotatable bonds is 3. The van der Waals surface area contributed by atoms with Gasteiger partial charge in [-0.1, -0.05) is 11.6 Å². The Balaban J connectivity index is 2.54. The molecule has 0 aliphatic rings. The highest BCUT2D eigenvalue weighted by atomic mass is 35.5. The highest BCUT2D eigenvalue weighted by Crippen LogP contribution is 2.13. The van der Waals surface area contributed by atoms with Crippen molar-refractivity contribution in [1.29, 1.82) is 0 Å². The summed E-state index contributed by atoms with van der Waals surface area (Å²) in [5, 5.41) is 13.6. The molecular formula is C11H17ClN2O. The van der Waals surface area contributed by atoms with Crippen LogP contribution in [-0.2, 0) is 0 Å². The Morgan fingerprint density at radius 3 is 2.60 bits per heavy atom.